The van der Waals surface area contributed by atoms with Crippen molar-refractivity contribution in [3.05, 3.63) is 90.0 Å². The zero-order valence-electron chi connectivity index (χ0n) is 23.6. The van der Waals surface area contributed by atoms with Crippen molar-refractivity contribution in [3.63, 3.8) is 0 Å². The number of anilines is 1. The van der Waals surface area contributed by atoms with Crippen molar-refractivity contribution in [1.82, 2.24) is 10.2 Å². The lowest BCUT2D eigenvalue weighted by atomic mass is 10.1. The predicted molar refractivity (Wildman–Crippen MR) is 166 cm³/mol. The van der Waals surface area contributed by atoms with Crippen molar-refractivity contribution in [2.24, 2.45) is 9.98 Å². The first kappa shape index (κ1) is 29.1. The van der Waals surface area contributed by atoms with Gasteiger partial charge in [0.1, 0.15) is 17.6 Å². The Hall–Kier alpha value is -4.44. The van der Waals surface area contributed by atoms with Crippen molar-refractivity contribution < 1.29 is 19.1 Å². The minimum Gasteiger partial charge on any atom is -0.497 e. The normalized spacial score (nSPS) is 16.1. The van der Waals surface area contributed by atoms with Crippen LogP contribution >= 0.6 is 11.8 Å². The van der Waals surface area contributed by atoms with E-state index in [-0.39, 0.29) is 30.6 Å². The van der Waals surface area contributed by atoms with Crippen LogP contribution in [0, 0.1) is 0 Å². The summed E-state index contributed by atoms with van der Waals surface area (Å²) in [5.74, 6) is 0.521. The van der Waals surface area contributed by atoms with E-state index in [1.54, 1.807) is 24.1 Å². The van der Waals surface area contributed by atoms with E-state index in [0.29, 0.717) is 41.1 Å². The highest BCUT2D eigenvalue weighted by Crippen LogP contribution is 2.37. The summed E-state index contributed by atoms with van der Waals surface area (Å²) in [5, 5.41) is 5.94. The van der Waals surface area contributed by atoms with Crippen LogP contribution in [-0.4, -0.2) is 58.6 Å². The number of nitrogens with zero attached hydrogens (tertiary/aromatic N) is 3. The minimum absolute atomic E-state index is 0.125. The second kappa shape index (κ2) is 13.5. The summed E-state index contributed by atoms with van der Waals surface area (Å²) >= 11 is 1.29. The van der Waals surface area contributed by atoms with Crippen LogP contribution in [0.15, 0.2) is 88.8 Å². The fraction of sp³-hybridized carbons (Fsp3) is 0.281. The molecular formula is C32H33N5O4S. The standard InChI is InChI=1S/C32H33N5O4S/c1-3-27(31(40)34-22-12-9-13-23(20-22)41-2)42-32-35-25-15-8-7-14-24(25)29-36-30(39)26(37(29)32)16-17-28(38)33-19-18-21-10-5-4-6-11-21/h4-15,20,26-27H,3,16-19H2,1-2H3,(H,33,38)(H,34,40). The molecule has 0 aliphatic carbocycles. The number of benzene rings is 3. The van der Waals surface area contributed by atoms with Crippen molar-refractivity contribution in [3.8, 4) is 5.75 Å². The molecule has 42 heavy (non-hydrogen) atoms. The van der Waals surface area contributed by atoms with E-state index in [0.717, 1.165) is 17.5 Å². The Bertz CT molecular complexity index is 1520. The first-order valence-corrected chi connectivity index (χ1v) is 14.9. The van der Waals surface area contributed by atoms with Crippen LogP contribution in [0.3, 0.4) is 0 Å². The lowest BCUT2D eigenvalue weighted by molar-refractivity contribution is -0.122. The van der Waals surface area contributed by atoms with E-state index in [1.807, 2.05) is 73.7 Å². The van der Waals surface area contributed by atoms with Gasteiger partial charge in [0.25, 0.3) is 5.91 Å². The number of para-hydroxylation sites is 1. The van der Waals surface area contributed by atoms with Gasteiger partial charge in [0.15, 0.2) is 5.17 Å². The molecule has 0 saturated carbocycles. The zero-order chi connectivity index (χ0) is 29.5. The van der Waals surface area contributed by atoms with Crippen LogP contribution < -0.4 is 15.4 Å². The number of aliphatic imine (C=N–C) groups is 2. The molecule has 216 valence electrons. The van der Waals surface area contributed by atoms with Gasteiger partial charge in [0.2, 0.25) is 11.8 Å². The molecule has 9 nitrogen and oxygen atoms in total. The van der Waals surface area contributed by atoms with Crippen molar-refractivity contribution in [2.45, 2.75) is 43.9 Å². The molecule has 2 aliphatic rings. The van der Waals surface area contributed by atoms with Crippen LogP contribution in [-0.2, 0) is 20.8 Å². The number of carbonyl (C=O) groups is 3. The van der Waals surface area contributed by atoms with Gasteiger partial charge in [0, 0.05) is 30.3 Å². The SMILES string of the molecule is CCC(SC1=Nc2ccccc2C2=NC(=O)C(CCC(=O)NCCc3ccccc3)N12)C(=O)Nc1cccc(OC)c1. The highest BCUT2D eigenvalue weighted by atomic mass is 32.2. The maximum atomic E-state index is 13.3. The summed E-state index contributed by atoms with van der Waals surface area (Å²) in [5.41, 5.74) is 3.21. The predicted octanol–water partition coefficient (Wildman–Crippen LogP) is 4.94. The fourth-order valence-electron chi connectivity index (χ4n) is 4.88. The second-order valence-electron chi connectivity index (χ2n) is 9.93. The van der Waals surface area contributed by atoms with Gasteiger partial charge in [-0.15, -0.1) is 0 Å². The van der Waals surface area contributed by atoms with Crippen LogP contribution in [0.25, 0.3) is 0 Å². The summed E-state index contributed by atoms with van der Waals surface area (Å²) in [6.07, 6.45) is 1.70. The Kier molecular flexibility index (Phi) is 9.33. The number of hydrogen-bond acceptors (Lipinski definition) is 7. The highest BCUT2D eigenvalue weighted by molar-refractivity contribution is 8.15. The second-order valence-corrected chi connectivity index (χ2v) is 11.1. The van der Waals surface area contributed by atoms with Gasteiger partial charge in [0.05, 0.1) is 18.0 Å². The van der Waals surface area contributed by atoms with Gasteiger partial charge >= 0.3 is 0 Å². The van der Waals surface area contributed by atoms with Crippen molar-refractivity contribution >= 4 is 51.9 Å². The molecule has 2 heterocycles. The van der Waals surface area contributed by atoms with Crippen molar-refractivity contribution in [2.75, 3.05) is 19.0 Å². The van der Waals surface area contributed by atoms with Gasteiger partial charge < -0.3 is 15.4 Å². The molecule has 2 aliphatic heterocycles. The summed E-state index contributed by atoms with van der Waals surface area (Å²) in [4.78, 5) is 50.2. The number of ether oxygens (including phenoxy) is 1. The molecule has 2 N–H and O–H groups in total. The van der Waals surface area contributed by atoms with E-state index in [1.165, 1.54) is 11.8 Å². The third-order valence-electron chi connectivity index (χ3n) is 7.08. The molecule has 2 atom stereocenters. The summed E-state index contributed by atoms with van der Waals surface area (Å²) < 4.78 is 5.27. The van der Waals surface area contributed by atoms with Gasteiger partial charge in [-0.05, 0) is 49.1 Å². The Labute approximate surface area is 249 Å². The molecular weight excluding hydrogens is 550 g/mol. The minimum atomic E-state index is -0.682. The summed E-state index contributed by atoms with van der Waals surface area (Å²) in [6.45, 7) is 2.45. The van der Waals surface area contributed by atoms with E-state index in [2.05, 4.69) is 15.6 Å². The van der Waals surface area contributed by atoms with E-state index < -0.39 is 11.3 Å². The lowest BCUT2D eigenvalue weighted by Gasteiger charge is -2.32. The first-order chi connectivity index (χ1) is 20.5. The van der Waals surface area contributed by atoms with E-state index >= 15 is 0 Å². The molecule has 10 heteroatoms. The molecule has 3 amide bonds. The zero-order valence-corrected chi connectivity index (χ0v) is 24.4. The van der Waals surface area contributed by atoms with Gasteiger partial charge in [-0.3, -0.25) is 19.3 Å². The Morgan fingerprint density at radius 1 is 1.02 bits per heavy atom. The topological polar surface area (TPSA) is 112 Å². The van der Waals surface area contributed by atoms with Crippen LogP contribution in [0.4, 0.5) is 11.4 Å². The summed E-state index contributed by atoms with van der Waals surface area (Å²) in [6, 6.07) is 24.0. The largest absolute Gasteiger partial charge is 0.497 e. The number of nitrogens with one attached hydrogen (secondary N) is 2. The third-order valence-corrected chi connectivity index (χ3v) is 8.41. The number of amidine groups is 2. The Morgan fingerprint density at radius 3 is 2.60 bits per heavy atom. The number of methoxy groups -OCH3 is 1. The van der Waals surface area contributed by atoms with Gasteiger partial charge in [-0.2, -0.15) is 4.99 Å². The molecule has 0 spiro atoms. The number of fused-ring (bicyclic) bond motifs is 3. The lowest BCUT2D eigenvalue weighted by Crippen LogP contribution is -2.45. The van der Waals surface area contributed by atoms with Crippen LogP contribution in [0.1, 0.15) is 37.3 Å². The Morgan fingerprint density at radius 2 is 1.81 bits per heavy atom. The fourth-order valence-corrected chi connectivity index (χ4v) is 5.94. The third kappa shape index (κ3) is 6.71. The number of thioether (sulfide) groups is 1. The molecule has 0 bridgehead atoms. The summed E-state index contributed by atoms with van der Waals surface area (Å²) in [7, 11) is 1.58. The van der Waals surface area contributed by atoms with Gasteiger partial charge in [-0.25, -0.2) is 4.99 Å². The van der Waals surface area contributed by atoms with Gasteiger partial charge in [-0.1, -0.05) is 67.2 Å². The quantitative estimate of drug-likeness (QED) is 0.331. The first-order valence-electron chi connectivity index (χ1n) is 14.0. The number of carbonyl (C=O) groups excluding carboxylic acids is 3. The number of amides is 3. The average Bonchev–Trinajstić information content (AvgIpc) is 3.35. The molecule has 3 aromatic rings. The molecule has 5 rings (SSSR count). The average molecular weight is 584 g/mol. The molecule has 3 aromatic carbocycles. The molecule has 0 saturated heterocycles. The van der Waals surface area contributed by atoms with Crippen LogP contribution in [0.5, 0.6) is 5.75 Å². The maximum Gasteiger partial charge on any atom is 0.270 e. The van der Waals surface area contributed by atoms with Crippen LogP contribution in [0.2, 0.25) is 0 Å². The molecule has 0 aromatic heterocycles. The van der Waals surface area contributed by atoms with E-state index in [4.69, 9.17) is 9.73 Å². The molecule has 2 unspecified atom stereocenters. The number of rotatable bonds is 11. The highest BCUT2D eigenvalue weighted by Gasteiger charge is 2.42. The number of hydrogen-bond donors (Lipinski definition) is 2. The monoisotopic (exact) mass is 583 g/mol. The maximum absolute atomic E-state index is 13.3. The molecule has 0 radical (unpaired) electrons. The van der Waals surface area contributed by atoms with Crippen molar-refractivity contribution in [1.29, 1.82) is 0 Å². The molecule has 0 fully saturated rings. The smallest absolute Gasteiger partial charge is 0.270 e. The Balaban J connectivity index is 1.29. The van der Waals surface area contributed by atoms with E-state index in [9.17, 15) is 14.4 Å².